The lowest BCUT2D eigenvalue weighted by Gasteiger charge is -2.19. The van der Waals surface area contributed by atoms with Crippen molar-refractivity contribution in [1.82, 2.24) is 0 Å². The predicted molar refractivity (Wildman–Crippen MR) is 70.8 cm³/mol. The van der Waals surface area contributed by atoms with Gasteiger partial charge in [-0.2, -0.15) is 0 Å². The van der Waals surface area contributed by atoms with E-state index in [0.717, 1.165) is 36.3 Å². The van der Waals surface area contributed by atoms with Gasteiger partial charge in [-0.25, -0.2) is 0 Å². The van der Waals surface area contributed by atoms with Crippen LogP contribution in [0, 0.1) is 0 Å². The molecule has 0 saturated heterocycles. The third-order valence-corrected chi connectivity index (χ3v) is 2.89. The zero-order valence-corrected chi connectivity index (χ0v) is 11.0. The molecule has 0 saturated carbocycles. The highest BCUT2D eigenvalue weighted by Gasteiger charge is 2.10. The first kappa shape index (κ1) is 13.8. The van der Waals surface area contributed by atoms with Crippen LogP contribution in [0.4, 0.5) is 0 Å². The molecule has 0 aliphatic carbocycles. The molecule has 17 heavy (non-hydrogen) atoms. The van der Waals surface area contributed by atoms with Crippen molar-refractivity contribution < 1.29 is 9.47 Å². The van der Waals surface area contributed by atoms with E-state index in [0.29, 0.717) is 6.54 Å². The molecule has 0 amide bonds. The molecule has 2 N–H and O–H groups in total. The number of hydrogen-bond donors (Lipinski definition) is 1. The van der Waals surface area contributed by atoms with Gasteiger partial charge in [0, 0.05) is 6.07 Å². The van der Waals surface area contributed by atoms with Crippen LogP contribution in [0.2, 0.25) is 0 Å². The van der Waals surface area contributed by atoms with Crippen molar-refractivity contribution in [2.75, 3.05) is 13.7 Å². The Morgan fingerprint density at radius 3 is 2.47 bits per heavy atom. The van der Waals surface area contributed by atoms with Crippen LogP contribution in [0.5, 0.6) is 11.5 Å². The van der Waals surface area contributed by atoms with Crippen molar-refractivity contribution in [3.63, 3.8) is 0 Å². The summed E-state index contributed by atoms with van der Waals surface area (Å²) in [6.07, 6.45) is 3.11. The molecule has 0 spiro atoms. The van der Waals surface area contributed by atoms with E-state index in [1.807, 2.05) is 18.2 Å². The van der Waals surface area contributed by atoms with E-state index in [1.165, 1.54) is 0 Å². The Morgan fingerprint density at radius 1 is 1.24 bits per heavy atom. The van der Waals surface area contributed by atoms with E-state index >= 15 is 0 Å². The maximum absolute atomic E-state index is 6.00. The van der Waals surface area contributed by atoms with Crippen LogP contribution in [0.1, 0.15) is 32.3 Å². The molecule has 0 radical (unpaired) electrons. The fourth-order valence-corrected chi connectivity index (χ4v) is 1.77. The van der Waals surface area contributed by atoms with E-state index in [1.54, 1.807) is 7.11 Å². The Hall–Kier alpha value is -1.22. The van der Waals surface area contributed by atoms with Crippen molar-refractivity contribution in [3.8, 4) is 11.5 Å². The molecule has 1 rings (SSSR count). The Bertz CT molecular complexity index is 335. The smallest absolute Gasteiger partial charge is 0.126 e. The lowest BCUT2D eigenvalue weighted by molar-refractivity contribution is 0.190. The van der Waals surface area contributed by atoms with Crippen molar-refractivity contribution in [1.29, 1.82) is 0 Å². The Balaban J connectivity index is 2.91. The van der Waals surface area contributed by atoms with Gasteiger partial charge in [-0.15, -0.1) is 0 Å². The van der Waals surface area contributed by atoms with Gasteiger partial charge < -0.3 is 15.2 Å². The average molecular weight is 237 g/mol. The third kappa shape index (κ3) is 3.93. The second kappa shape index (κ2) is 7.17. The van der Waals surface area contributed by atoms with E-state index in [9.17, 15) is 0 Å². The van der Waals surface area contributed by atoms with E-state index in [-0.39, 0.29) is 6.10 Å². The highest BCUT2D eigenvalue weighted by atomic mass is 16.5. The number of rotatable bonds is 7. The van der Waals surface area contributed by atoms with Crippen LogP contribution >= 0.6 is 0 Å². The van der Waals surface area contributed by atoms with Crippen LogP contribution in [-0.2, 0) is 6.42 Å². The summed E-state index contributed by atoms with van der Waals surface area (Å²) in [7, 11) is 1.67. The molecule has 1 aromatic carbocycles. The lowest BCUT2D eigenvalue weighted by atomic mass is 10.1. The maximum atomic E-state index is 6.00. The van der Waals surface area contributed by atoms with Gasteiger partial charge in [-0.3, -0.25) is 0 Å². The van der Waals surface area contributed by atoms with Crippen LogP contribution < -0.4 is 15.2 Å². The molecular formula is C14H23NO2. The van der Waals surface area contributed by atoms with Crippen molar-refractivity contribution >= 4 is 0 Å². The van der Waals surface area contributed by atoms with Crippen LogP contribution in [0.3, 0.4) is 0 Å². The quantitative estimate of drug-likeness (QED) is 0.793. The topological polar surface area (TPSA) is 44.5 Å². The van der Waals surface area contributed by atoms with Gasteiger partial charge in [0.05, 0.1) is 13.2 Å². The van der Waals surface area contributed by atoms with E-state index in [4.69, 9.17) is 15.2 Å². The third-order valence-electron chi connectivity index (χ3n) is 2.89. The van der Waals surface area contributed by atoms with Crippen molar-refractivity contribution in [2.24, 2.45) is 5.73 Å². The van der Waals surface area contributed by atoms with Crippen LogP contribution in [0.15, 0.2) is 18.2 Å². The standard InChI is InChI=1S/C14H23NO2/c1-4-12(5-2)17-14-10-13(16-3)7-6-11(14)8-9-15/h6-7,10,12H,4-5,8-9,15H2,1-3H3. The van der Waals surface area contributed by atoms with Gasteiger partial charge in [-0.1, -0.05) is 19.9 Å². The number of benzene rings is 1. The van der Waals surface area contributed by atoms with Crippen molar-refractivity contribution in [3.05, 3.63) is 23.8 Å². The normalized spacial score (nSPS) is 10.6. The molecule has 0 bridgehead atoms. The molecule has 0 aliphatic rings. The van der Waals surface area contributed by atoms with Gasteiger partial charge in [0.15, 0.2) is 0 Å². The summed E-state index contributed by atoms with van der Waals surface area (Å²) < 4.78 is 11.2. The summed E-state index contributed by atoms with van der Waals surface area (Å²) in [6.45, 7) is 4.90. The zero-order chi connectivity index (χ0) is 12.7. The molecule has 1 aromatic rings. The molecule has 0 unspecified atom stereocenters. The molecule has 0 heterocycles. The van der Waals surface area contributed by atoms with Gasteiger partial charge in [0.2, 0.25) is 0 Å². The zero-order valence-electron chi connectivity index (χ0n) is 11.0. The largest absolute Gasteiger partial charge is 0.497 e. The minimum absolute atomic E-state index is 0.263. The molecule has 0 aliphatic heterocycles. The first-order valence-corrected chi connectivity index (χ1v) is 6.28. The number of ether oxygens (including phenoxy) is 2. The van der Waals surface area contributed by atoms with Crippen LogP contribution in [-0.4, -0.2) is 19.8 Å². The van der Waals surface area contributed by atoms with Crippen molar-refractivity contribution in [2.45, 2.75) is 39.2 Å². The predicted octanol–water partition coefficient (Wildman–Crippen LogP) is 2.76. The lowest BCUT2D eigenvalue weighted by Crippen LogP contribution is -2.15. The Labute approximate surface area is 104 Å². The van der Waals surface area contributed by atoms with E-state index in [2.05, 4.69) is 13.8 Å². The molecular weight excluding hydrogens is 214 g/mol. The highest BCUT2D eigenvalue weighted by molar-refractivity contribution is 5.41. The minimum Gasteiger partial charge on any atom is -0.497 e. The fraction of sp³-hybridized carbons (Fsp3) is 0.571. The summed E-state index contributed by atoms with van der Waals surface area (Å²) in [5.74, 6) is 1.73. The summed E-state index contributed by atoms with van der Waals surface area (Å²) in [4.78, 5) is 0. The molecule has 3 nitrogen and oxygen atoms in total. The highest BCUT2D eigenvalue weighted by Crippen LogP contribution is 2.27. The Morgan fingerprint density at radius 2 is 1.94 bits per heavy atom. The second-order valence-electron chi connectivity index (χ2n) is 4.07. The fourth-order valence-electron chi connectivity index (χ4n) is 1.77. The first-order valence-electron chi connectivity index (χ1n) is 6.28. The molecule has 96 valence electrons. The van der Waals surface area contributed by atoms with Crippen LogP contribution in [0.25, 0.3) is 0 Å². The van der Waals surface area contributed by atoms with E-state index < -0.39 is 0 Å². The summed E-state index contributed by atoms with van der Waals surface area (Å²) in [6, 6.07) is 5.93. The number of hydrogen-bond acceptors (Lipinski definition) is 3. The van der Waals surface area contributed by atoms with Gasteiger partial charge in [-0.05, 0) is 37.4 Å². The monoisotopic (exact) mass is 237 g/mol. The van der Waals surface area contributed by atoms with Gasteiger partial charge in [0.25, 0.3) is 0 Å². The second-order valence-corrected chi connectivity index (χ2v) is 4.07. The first-order chi connectivity index (χ1) is 8.24. The average Bonchev–Trinajstić information content (AvgIpc) is 2.37. The summed E-state index contributed by atoms with van der Waals surface area (Å²) in [5, 5.41) is 0. The molecule has 0 fully saturated rings. The van der Waals surface area contributed by atoms with Gasteiger partial charge in [0.1, 0.15) is 11.5 Å². The summed E-state index contributed by atoms with van der Waals surface area (Å²) >= 11 is 0. The Kier molecular flexibility index (Phi) is 5.84. The SMILES string of the molecule is CCC(CC)Oc1cc(OC)ccc1CCN. The van der Waals surface area contributed by atoms with Gasteiger partial charge >= 0.3 is 0 Å². The molecule has 3 heteroatoms. The molecule has 0 aromatic heterocycles. The maximum Gasteiger partial charge on any atom is 0.126 e. The minimum atomic E-state index is 0.263. The summed E-state index contributed by atoms with van der Waals surface area (Å²) in [5.41, 5.74) is 6.76. The number of methoxy groups -OCH3 is 1. The molecule has 0 atom stereocenters. The number of nitrogens with two attached hydrogens (primary N) is 1.